The van der Waals surface area contributed by atoms with Gasteiger partial charge in [0.25, 0.3) is 0 Å². The van der Waals surface area contributed by atoms with Gasteiger partial charge in [0.05, 0.1) is 6.17 Å². The first kappa shape index (κ1) is 20.1. The highest BCUT2D eigenvalue weighted by Crippen LogP contribution is 2.34. The van der Waals surface area contributed by atoms with E-state index in [-0.39, 0.29) is 12.0 Å². The van der Waals surface area contributed by atoms with Crippen LogP contribution in [0.4, 0.5) is 4.39 Å². The number of nitrogens with zero attached hydrogens (tertiary/aromatic N) is 2. The fourth-order valence-electron chi connectivity index (χ4n) is 4.12. The van der Waals surface area contributed by atoms with Crippen molar-refractivity contribution >= 4 is 11.6 Å². The Hall–Kier alpha value is -2.20. The van der Waals surface area contributed by atoms with Crippen LogP contribution in [-0.2, 0) is 13.1 Å². The van der Waals surface area contributed by atoms with Crippen LogP contribution in [0.25, 0.3) is 0 Å². The van der Waals surface area contributed by atoms with Crippen LogP contribution >= 0.6 is 11.6 Å². The number of hydrogen-bond donors (Lipinski definition) is 0. The van der Waals surface area contributed by atoms with Gasteiger partial charge in [0.15, 0.2) is 0 Å². The zero-order valence-corrected chi connectivity index (χ0v) is 17.7. The van der Waals surface area contributed by atoms with Crippen molar-refractivity contribution in [2.45, 2.75) is 33.1 Å². The average molecular weight is 409 g/mol. The molecule has 1 aliphatic rings. The zero-order valence-electron chi connectivity index (χ0n) is 16.9. The van der Waals surface area contributed by atoms with Gasteiger partial charge in [-0.25, -0.2) is 4.39 Å². The van der Waals surface area contributed by atoms with Crippen LogP contribution in [0.5, 0.6) is 0 Å². The fourth-order valence-corrected chi connectivity index (χ4v) is 4.34. The van der Waals surface area contributed by atoms with E-state index in [0.29, 0.717) is 17.1 Å². The second-order valence-corrected chi connectivity index (χ2v) is 8.26. The Morgan fingerprint density at radius 3 is 2.24 bits per heavy atom. The largest absolute Gasteiger partial charge is 0.278 e. The lowest BCUT2D eigenvalue weighted by Gasteiger charge is -2.31. The van der Waals surface area contributed by atoms with Crippen molar-refractivity contribution in [2.75, 3.05) is 13.1 Å². The topological polar surface area (TPSA) is 6.48 Å². The van der Waals surface area contributed by atoms with E-state index in [0.717, 1.165) is 19.6 Å². The fraction of sp³-hybridized carbons (Fsp3) is 0.280. The molecule has 3 aromatic rings. The molecular weight excluding hydrogens is 383 g/mol. The molecule has 2 nitrogen and oxygen atoms in total. The molecule has 1 aliphatic heterocycles. The van der Waals surface area contributed by atoms with Crippen molar-refractivity contribution in [1.29, 1.82) is 0 Å². The molecule has 4 heteroatoms. The third-order valence-corrected chi connectivity index (χ3v) is 6.15. The van der Waals surface area contributed by atoms with E-state index in [1.807, 2.05) is 0 Å². The van der Waals surface area contributed by atoms with Crippen molar-refractivity contribution < 1.29 is 4.39 Å². The highest BCUT2D eigenvalue weighted by atomic mass is 35.5. The molecule has 1 heterocycles. The molecule has 0 radical (unpaired) electrons. The van der Waals surface area contributed by atoms with Gasteiger partial charge in [0, 0.05) is 36.8 Å². The quantitative estimate of drug-likeness (QED) is 0.502. The van der Waals surface area contributed by atoms with Gasteiger partial charge >= 0.3 is 0 Å². The van der Waals surface area contributed by atoms with Crippen molar-refractivity contribution in [3.05, 3.63) is 105 Å². The summed E-state index contributed by atoms with van der Waals surface area (Å²) in [6.45, 7) is 7.42. The number of rotatable bonds is 5. The Labute approximate surface area is 177 Å². The molecule has 0 N–H and O–H groups in total. The maximum Gasteiger partial charge on any atom is 0.129 e. The first-order valence-corrected chi connectivity index (χ1v) is 10.4. The van der Waals surface area contributed by atoms with Crippen molar-refractivity contribution in [1.82, 2.24) is 9.80 Å². The van der Waals surface area contributed by atoms with Crippen LogP contribution in [0.1, 0.15) is 34.0 Å². The highest BCUT2D eigenvalue weighted by Gasteiger charge is 2.34. The van der Waals surface area contributed by atoms with Gasteiger partial charge < -0.3 is 0 Å². The number of aryl methyl sites for hydroxylation is 2. The number of benzene rings is 3. The first-order chi connectivity index (χ1) is 14.0. The standard InChI is InChI=1S/C25H26ClFN2/c1-18-10-12-20(13-11-18)25-28(16-21-7-4-3-6-19(21)2)14-15-29(25)17-22-23(26)8-5-9-24(22)27/h3-13,25H,14-17H2,1-2H3/t25-/m0/s1. The van der Waals surface area contributed by atoms with E-state index < -0.39 is 0 Å². The summed E-state index contributed by atoms with van der Waals surface area (Å²) in [5.41, 5.74) is 5.67. The number of halogens is 2. The van der Waals surface area contributed by atoms with Crippen LogP contribution in [-0.4, -0.2) is 22.9 Å². The molecule has 0 aromatic heterocycles. The molecule has 1 saturated heterocycles. The van der Waals surface area contributed by atoms with E-state index in [2.05, 4.69) is 72.2 Å². The van der Waals surface area contributed by atoms with E-state index in [9.17, 15) is 4.39 Å². The second-order valence-electron chi connectivity index (χ2n) is 7.85. The predicted octanol–water partition coefficient (Wildman–Crippen LogP) is 6.11. The minimum atomic E-state index is -0.238. The Bertz CT molecular complexity index is 966. The Balaban J connectivity index is 1.66. The van der Waals surface area contributed by atoms with Gasteiger partial charge in [-0.05, 0) is 42.7 Å². The summed E-state index contributed by atoms with van der Waals surface area (Å²) in [6, 6.07) is 22.1. The molecule has 3 aromatic carbocycles. The van der Waals surface area contributed by atoms with Crippen LogP contribution in [0.3, 0.4) is 0 Å². The lowest BCUT2D eigenvalue weighted by molar-refractivity contribution is 0.124. The summed E-state index contributed by atoms with van der Waals surface area (Å²) in [6.07, 6.45) is 0.0888. The van der Waals surface area contributed by atoms with E-state index >= 15 is 0 Å². The molecule has 1 fully saturated rings. The van der Waals surface area contributed by atoms with Gasteiger partial charge in [-0.2, -0.15) is 0 Å². The molecular formula is C25H26ClFN2. The molecule has 29 heavy (non-hydrogen) atoms. The minimum Gasteiger partial charge on any atom is -0.278 e. The summed E-state index contributed by atoms with van der Waals surface area (Å²) in [5.74, 6) is -0.238. The summed E-state index contributed by atoms with van der Waals surface area (Å²) < 4.78 is 14.5. The molecule has 0 aliphatic carbocycles. The smallest absolute Gasteiger partial charge is 0.129 e. The maximum atomic E-state index is 14.5. The molecule has 1 atom stereocenters. The van der Waals surface area contributed by atoms with Crippen LogP contribution < -0.4 is 0 Å². The van der Waals surface area contributed by atoms with E-state index in [1.54, 1.807) is 12.1 Å². The van der Waals surface area contributed by atoms with Gasteiger partial charge in [0.2, 0.25) is 0 Å². The molecule has 0 spiro atoms. The van der Waals surface area contributed by atoms with Gasteiger partial charge in [-0.15, -0.1) is 0 Å². The van der Waals surface area contributed by atoms with Crippen molar-refractivity contribution in [3.63, 3.8) is 0 Å². The summed E-state index contributed by atoms with van der Waals surface area (Å²) >= 11 is 6.33. The van der Waals surface area contributed by atoms with E-state index in [1.165, 1.54) is 28.3 Å². The lowest BCUT2D eigenvalue weighted by atomic mass is 10.1. The third-order valence-electron chi connectivity index (χ3n) is 5.80. The molecule has 4 rings (SSSR count). The van der Waals surface area contributed by atoms with Crippen molar-refractivity contribution in [2.24, 2.45) is 0 Å². The number of hydrogen-bond acceptors (Lipinski definition) is 2. The van der Waals surface area contributed by atoms with Gasteiger partial charge in [-0.1, -0.05) is 71.8 Å². The van der Waals surface area contributed by atoms with Crippen LogP contribution in [0, 0.1) is 19.7 Å². The Morgan fingerprint density at radius 1 is 0.862 bits per heavy atom. The van der Waals surface area contributed by atoms with Gasteiger partial charge in [-0.3, -0.25) is 9.80 Å². The van der Waals surface area contributed by atoms with Crippen LogP contribution in [0.15, 0.2) is 66.7 Å². The molecule has 0 unspecified atom stereocenters. The Morgan fingerprint density at radius 2 is 1.55 bits per heavy atom. The van der Waals surface area contributed by atoms with Gasteiger partial charge in [0.1, 0.15) is 5.82 Å². The highest BCUT2D eigenvalue weighted by molar-refractivity contribution is 6.31. The monoisotopic (exact) mass is 408 g/mol. The molecule has 0 amide bonds. The minimum absolute atomic E-state index is 0.0888. The third kappa shape index (κ3) is 4.37. The normalized spacial score (nSPS) is 17.7. The summed E-state index contributed by atoms with van der Waals surface area (Å²) in [7, 11) is 0. The molecule has 0 saturated carbocycles. The summed E-state index contributed by atoms with van der Waals surface area (Å²) in [5, 5.41) is 0.491. The lowest BCUT2D eigenvalue weighted by Crippen LogP contribution is -2.31. The molecule has 0 bridgehead atoms. The Kier molecular flexibility index (Phi) is 6.00. The maximum absolute atomic E-state index is 14.5. The van der Waals surface area contributed by atoms with Crippen LogP contribution in [0.2, 0.25) is 5.02 Å². The van der Waals surface area contributed by atoms with Crippen molar-refractivity contribution in [3.8, 4) is 0 Å². The summed E-state index contributed by atoms with van der Waals surface area (Å²) in [4.78, 5) is 4.80. The average Bonchev–Trinajstić information content (AvgIpc) is 3.09. The SMILES string of the molecule is Cc1ccc([C@H]2N(Cc3ccccc3C)CCN2Cc2c(F)cccc2Cl)cc1. The first-order valence-electron chi connectivity index (χ1n) is 10.0. The second kappa shape index (κ2) is 8.66. The van der Waals surface area contributed by atoms with E-state index in [4.69, 9.17) is 11.6 Å². The zero-order chi connectivity index (χ0) is 20.4. The molecule has 150 valence electrons. The predicted molar refractivity (Wildman–Crippen MR) is 117 cm³/mol.